The van der Waals surface area contributed by atoms with Gasteiger partial charge in [0, 0.05) is 61.6 Å². The Hall–Kier alpha value is -3.98. The van der Waals surface area contributed by atoms with Gasteiger partial charge < -0.3 is 20.0 Å². The molecule has 7 nitrogen and oxygen atoms in total. The lowest BCUT2D eigenvalue weighted by Crippen LogP contribution is -2.52. The van der Waals surface area contributed by atoms with Gasteiger partial charge in [-0.05, 0) is 36.4 Å². The van der Waals surface area contributed by atoms with Gasteiger partial charge in [-0.2, -0.15) is 0 Å². The molecule has 0 unspecified atom stereocenters. The van der Waals surface area contributed by atoms with Crippen molar-refractivity contribution in [3.8, 4) is 0 Å². The van der Waals surface area contributed by atoms with Gasteiger partial charge in [0.2, 0.25) is 5.91 Å². The van der Waals surface area contributed by atoms with Gasteiger partial charge in [-0.15, -0.1) is 11.3 Å². The molecule has 2 fully saturated rings. The number of anilines is 3. The fourth-order valence-corrected chi connectivity index (χ4v) is 6.20. The van der Waals surface area contributed by atoms with Gasteiger partial charge >= 0.3 is 0 Å². The first-order chi connectivity index (χ1) is 19.1. The van der Waals surface area contributed by atoms with Crippen LogP contribution in [0, 0.1) is 11.7 Å². The molecule has 3 heterocycles. The molecule has 39 heavy (non-hydrogen) atoms. The molecule has 0 bridgehead atoms. The standard InChI is InChI=1S/C30H30FN5O2S/c31-24-9-3-4-11-27(24)34-16-18-36(19-17-34)28(37)22-12-14-35(15-13-22)29(38)26-20-39-30(33-26)32-25-10-5-7-21-6-1-2-8-23(21)25/h1-11,20,22H,12-19H2,(H,32,33). The number of aromatic nitrogens is 1. The minimum absolute atomic E-state index is 0.0897. The number of halogens is 1. The van der Waals surface area contributed by atoms with E-state index in [0.717, 1.165) is 16.5 Å². The normalized spacial score (nSPS) is 16.5. The summed E-state index contributed by atoms with van der Waals surface area (Å²) in [4.78, 5) is 36.6. The first-order valence-electron chi connectivity index (χ1n) is 13.3. The van der Waals surface area contributed by atoms with Crippen LogP contribution in [0.4, 0.5) is 20.9 Å². The third-order valence-electron chi connectivity index (χ3n) is 7.67. The summed E-state index contributed by atoms with van der Waals surface area (Å²) in [6, 6.07) is 21.0. The molecule has 200 valence electrons. The largest absolute Gasteiger partial charge is 0.366 e. The predicted molar refractivity (Wildman–Crippen MR) is 153 cm³/mol. The number of carbonyl (C=O) groups excluding carboxylic acids is 2. The number of piperidine rings is 1. The number of rotatable bonds is 5. The third-order valence-corrected chi connectivity index (χ3v) is 8.43. The Morgan fingerprint density at radius 1 is 0.846 bits per heavy atom. The Morgan fingerprint density at radius 3 is 2.36 bits per heavy atom. The number of carbonyl (C=O) groups is 2. The molecule has 0 radical (unpaired) electrons. The maximum Gasteiger partial charge on any atom is 0.273 e. The lowest BCUT2D eigenvalue weighted by atomic mass is 9.94. The zero-order valence-corrected chi connectivity index (χ0v) is 22.4. The van der Waals surface area contributed by atoms with E-state index in [2.05, 4.69) is 28.5 Å². The molecule has 0 atom stereocenters. The highest BCUT2D eigenvalue weighted by atomic mass is 32.1. The Morgan fingerprint density at radius 2 is 1.56 bits per heavy atom. The highest BCUT2D eigenvalue weighted by Crippen LogP contribution is 2.29. The summed E-state index contributed by atoms with van der Waals surface area (Å²) in [5.41, 5.74) is 1.97. The van der Waals surface area contributed by atoms with Crippen LogP contribution in [0.25, 0.3) is 10.8 Å². The Balaban J connectivity index is 1.02. The monoisotopic (exact) mass is 543 g/mol. The van der Waals surface area contributed by atoms with E-state index >= 15 is 0 Å². The summed E-state index contributed by atoms with van der Waals surface area (Å²) >= 11 is 1.41. The number of hydrogen-bond acceptors (Lipinski definition) is 6. The van der Waals surface area contributed by atoms with Crippen LogP contribution in [0.15, 0.2) is 72.1 Å². The van der Waals surface area contributed by atoms with E-state index in [1.165, 1.54) is 17.4 Å². The van der Waals surface area contributed by atoms with Gasteiger partial charge in [0.15, 0.2) is 5.13 Å². The molecule has 6 rings (SSSR count). The fraction of sp³-hybridized carbons (Fsp3) is 0.300. The summed E-state index contributed by atoms with van der Waals surface area (Å²) in [7, 11) is 0. The maximum atomic E-state index is 14.1. The van der Waals surface area contributed by atoms with Crippen LogP contribution < -0.4 is 10.2 Å². The van der Waals surface area contributed by atoms with Crippen LogP contribution in [0.1, 0.15) is 23.3 Å². The number of benzene rings is 3. The van der Waals surface area contributed by atoms with Gasteiger partial charge in [0.05, 0.1) is 5.69 Å². The number of hydrogen-bond donors (Lipinski definition) is 1. The van der Waals surface area contributed by atoms with Crippen molar-refractivity contribution >= 4 is 50.4 Å². The van der Waals surface area contributed by atoms with Gasteiger partial charge in [-0.3, -0.25) is 9.59 Å². The molecule has 0 spiro atoms. The summed E-state index contributed by atoms with van der Waals surface area (Å²) in [6.07, 6.45) is 1.28. The van der Waals surface area contributed by atoms with Crippen molar-refractivity contribution in [1.82, 2.24) is 14.8 Å². The van der Waals surface area contributed by atoms with E-state index in [0.29, 0.717) is 68.6 Å². The molecular weight excluding hydrogens is 513 g/mol. The van der Waals surface area contributed by atoms with Crippen LogP contribution in [-0.2, 0) is 4.79 Å². The van der Waals surface area contributed by atoms with E-state index in [-0.39, 0.29) is 23.5 Å². The maximum absolute atomic E-state index is 14.1. The quantitative estimate of drug-likeness (QED) is 0.366. The highest BCUT2D eigenvalue weighted by Gasteiger charge is 2.32. The van der Waals surface area contributed by atoms with Crippen LogP contribution in [-0.4, -0.2) is 65.9 Å². The smallest absolute Gasteiger partial charge is 0.273 e. The van der Waals surface area contributed by atoms with Crippen molar-refractivity contribution in [1.29, 1.82) is 0 Å². The average Bonchev–Trinajstić information content (AvgIpc) is 3.46. The molecule has 1 N–H and O–H groups in total. The number of thiazole rings is 1. The van der Waals surface area contributed by atoms with E-state index in [1.54, 1.807) is 22.4 Å². The molecule has 0 aliphatic carbocycles. The number of para-hydroxylation sites is 1. The second kappa shape index (κ2) is 11.0. The Kier molecular flexibility index (Phi) is 7.15. The molecule has 2 aliphatic heterocycles. The van der Waals surface area contributed by atoms with Crippen molar-refractivity contribution < 1.29 is 14.0 Å². The number of nitrogens with one attached hydrogen (secondary N) is 1. The van der Waals surface area contributed by atoms with Gasteiger partial charge in [-0.1, -0.05) is 48.5 Å². The van der Waals surface area contributed by atoms with Crippen molar-refractivity contribution in [3.05, 3.63) is 83.6 Å². The van der Waals surface area contributed by atoms with E-state index in [9.17, 15) is 14.0 Å². The number of amides is 2. The molecule has 4 aromatic rings. The number of piperazine rings is 1. The zero-order chi connectivity index (χ0) is 26.8. The topological polar surface area (TPSA) is 68.8 Å². The fourth-order valence-electron chi connectivity index (χ4n) is 5.50. The molecule has 9 heteroatoms. The van der Waals surface area contributed by atoms with Crippen molar-refractivity contribution in [2.24, 2.45) is 5.92 Å². The number of fused-ring (bicyclic) bond motifs is 1. The van der Waals surface area contributed by atoms with Crippen LogP contribution in [0.5, 0.6) is 0 Å². The molecule has 2 aliphatic rings. The second-order valence-electron chi connectivity index (χ2n) is 10.0. The first-order valence-corrected chi connectivity index (χ1v) is 14.2. The molecule has 2 saturated heterocycles. The Bertz CT molecular complexity index is 1490. The zero-order valence-electron chi connectivity index (χ0n) is 21.6. The molecule has 1 aromatic heterocycles. The highest BCUT2D eigenvalue weighted by molar-refractivity contribution is 7.14. The van der Waals surface area contributed by atoms with Crippen molar-refractivity contribution in [2.45, 2.75) is 12.8 Å². The molecule has 2 amide bonds. The first kappa shape index (κ1) is 25.3. The Labute approximate surface area is 230 Å². The van der Waals surface area contributed by atoms with Crippen molar-refractivity contribution in [2.75, 3.05) is 49.5 Å². The van der Waals surface area contributed by atoms with Gasteiger partial charge in [0.1, 0.15) is 11.5 Å². The van der Waals surface area contributed by atoms with Crippen LogP contribution in [0.3, 0.4) is 0 Å². The van der Waals surface area contributed by atoms with Crippen LogP contribution in [0.2, 0.25) is 0 Å². The lowest BCUT2D eigenvalue weighted by Gasteiger charge is -2.39. The van der Waals surface area contributed by atoms with Crippen LogP contribution >= 0.6 is 11.3 Å². The van der Waals surface area contributed by atoms with Gasteiger partial charge in [-0.25, -0.2) is 9.37 Å². The molecule has 3 aromatic carbocycles. The molecule has 0 saturated carbocycles. The van der Waals surface area contributed by atoms with Gasteiger partial charge in [0.25, 0.3) is 5.91 Å². The second-order valence-corrected chi connectivity index (χ2v) is 10.9. The van der Waals surface area contributed by atoms with E-state index < -0.39 is 0 Å². The minimum Gasteiger partial charge on any atom is -0.366 e. The molecular formula is C30H30FN5O2S. The minimum atomic E-state index is -0.231. The summed E-state index contributed by atoms with van der Waals surface area (Å²) in [5.74, 6) is -0.272. The summed E-state index contributed by atoms with van der Waals surface area (Å²) < 4.78 is 14.1. The van der Waals surface area contributed by atoms with Crippen molar-refractivity contribution in [3.63, 3.8) is 0 Å². The number of nitrogens with zero attached hydrogens (tertiary/aromatic N) is 4. The lowest BCUT2D eigenvalue weighted by molar-refractivity contribution is -0.137. The van der Waals surface area contributed by atoms with E-state index in [4.69, 9.17) is 0 Å². The average molecular weight is 544 g/mol. The van der Waals surface area contributed by atoms with E-state index in [1.807, 2.05) is 40.1 Å². The SMILES string of the molecule is O=C(c1csc(Nc2cccc3ccccc23)n1)N1CCC(C(=O)N2CCN(c3ccccc3F)CC2)CC1. The number of likely N-dealkylation sites (tertiary alicyclic amines) is 1. The predicted octanol–water partition coefficient (Wildman–Crippen LogP) is 5.38. The summed E-state index contributed by atoms with van der Waals surface area (Å²) in [6.45, 7) is 3.46. The third kappa shape index (κ3) is 5.31. The summed E-state index contributed by atoms with van der Waals surface area (Å²) in [5, 5.41) is 8.07.